The summed E-state index contributed by atoms with van der Waals surface area (Å²) >= 11 is 3.58. The minimum Gasteiger partial charge on any atom is -0.383 e. The molecule has 0 spiro atoms. The molecule has 0 bridgehead atoms. The third-order valence-electron chi connectivity index (χ3n) is 3.78. The molecule has 21 heavy (non-hydrogen) atoms. The Morgan fingerprint density at radius 1 is 1.43 bits per heavy atom. The summed E-state index contributed by atoms with van der Waals surface area (Å²) in [7, 11) is 1.89. The molecule has 1 N–H and O–H groups in total. The maximum Gasteiger partial charge on any atom is 0.269 e. The van der Waals surface area contributed by atoms with E-state index < -0.39 is 0 Å². The van der Waals surface area contributed by atoms with Crippen molar-refractivity contribution in [2.45, 2.75) is 32.7 Å². The molecule has 0 fully saturated rings. The van der Waals surface area contributed by atoms with Gasteiger partial charge in [0.15, 0.2) is 0 Å². The van der Waals surface area contributed by atoms with Crippen molar-refractivity contribution in [3.05, 3.63) is 38.0 Å². The number of hydrogen-bond acceptors (Lipinski definition) is 4. The monoisotopic (exact) mass is 351 g/mol. The molecule has 0 saturated carbocycles. The molecular weight excluding hydrogens is 334 g/mol. The van der Waals surface area contributed by atoms with Crippen molar-refractivity contribution in [3.63, 3.8) is 0 Å². The topological polar surface area (TPSA) is 64.7 Å². The molecule has 1 aliphatic rings. The summed E-state index contributed by atoms with van der Waals surface area (Å²) in [6, 6.07) is 1.65. The first-order chi connectivity index (χ1) is 10.1. The molecule has 0 atom stereocenters. The van der Waals surface area contributed by atoms with E-state index >= 15 is 0 Å². The van der Waals surface area contributed by atoms with Gasteiger partial charge in [-0.3, -0.25) is 9.48 Å². The summed E-state index contributed by atoms with van der Waals surface area (Å²) in [5.74, 6) is 0. The second-order valence-corrected chi connectivity index (χ2v) is 6.01. The molecule has 6 nitrogen and oxygen atoms in total. The van der Waals surface area contributed by atoms with Gasteiger partial charge in [-0.05, 0) is 35.2 Å². The van der Waals surface area contributed by atoms with Crippen molar-refractivity contribution >= 4 is 21.6 Å². The molecule has 112 valence electrons. The molecule has 0 aliphatic carbocycles. The zero-order valence-electron chi connectivity index (χ0n) is 12.2. The second kappa shape index (κ2) is 5.63. The third-order valence-corrected chi connectivity index (χ3v) is 4.70. The van der Waals surface area contributed by atoms with E-state index in [0.29, 0.717) is 6.54 Å². The second-order valence-electron chi connectivity index (χ2n) is 5.22. The zero-order valence-corrected chi connectivity index (χ0v) is 13.8. The van der Waals surface area contributed by atoms with E-state index in [1.165, 1.54) is 4.68 Å². The average molecular weight is 352 g/mol. The molecule has 3 heterocycles. The lowest BCUT2D eigenvalue weighted by Crippen LogP contribution is -2.28. The number of rotatable bonds is 3. The number of fused-ring (bicyclic) bond motifs is 1. The molecule has 2 aromatic rings. The van der Waals surface area contributed by atoms with Gasteiger partial charge in [-0.1, -0.05) is 6.92 Å². The Bertz CT molecular complexity index is 734. The molecule has 7 heteroatoms. The van der Waals surface area contributed by atoms with Crippen LogP contribution in [0.1, 0.15) is 30.4 Å². The maximum atomic E-state index is 12.2. The van der Waals surface area contributed by atoms with Crippen LogP contribution in [0.2, 0.25) is 0 Å². The Kier molecular flexibility index (Phi) is 3.84. The standard InChI is InChI=1S/C14H18BrN5O/c1-3-9-14(15)12(19(2)17-9)8-20-13(21)7-11-10(18-20)5-4-6-16-11/h7,16H,3-6,8H2,1-2H3. The summed E-state index contributed by atoms with van der Waals surface area (Å²) in [6.45, 7) is 3.40. The highest BCUT2D eigenvalue weighted by Crippen LogP contribution is 2.22. The molecule has 0 aromatic carbocycles. The summed E-state index contributed by atoms with van der Waals surface area (Å²) in [5.41, 5.74) is 3.72. The Morgan fingerprint density at radius 2 is 2.24 bits per heavy atom. The van der Waals surface area contributed by atoms with Gasteiger partial charge in [0.1, 0.15) is 0 Å². The van der Waals surface area contributed by atoms with Gasteiger partial charge in [-0.25, -0.2) is 4.68 Å². The van der Waals surface area contributed by atoms with Gasteiger partial charge >= 0.3 is 0 Å². The number of aryl methyl sites for hydroxylation is 3. The van der Waals surface area contributed by atoms with Crippen molar-refractivity contribution in [2.24, 2.45) is 7.05 Å². The molecule has 0 amide bonds. The van der Waals surface area contributed by atoms with Crippen LogP contribution in [-0.4, -0.2) is 26.1 Å². The van der Waals surface area contributed by atoms with Gasteiger partial charge in [-0.2, -0.15) is 10.2 Å². The van der Waals surface area contributed by atoms with E-state index in [1.807, 2.05) is 11.7 Å². The minimum atomic E-state index is -0.0886. The number of halogens is 1. The van der Waals surface area contributed by atoms with Crippen molar-refractivity contribution < 1.29 is 0 Å². The molecule has 1 aliphatic heterocycles. The lowest BCUT2D eigenvalue weighted by Gasteiger charge is -2.17. The number of nitrogens with zero attached hydrogens (tertiary/aromatic N) is 4. The first-order valence-electron chi connectivity index (χ1n) is 7.15. The molecule has 0 radical (unpaired) electrons. The highest BCUT2D eigenvalue weighted by atomic mass is 79.9. The number of hydrogen-bond donors (Lipinski definition) is 1. The van der Waals surface area contributed by atoms with Crippen molar-refractivity contribution in [3.8, 4) is 0 Å². The highest BCUT2D eigenvalue weighted by molar-refractivity contribution is 9.10. The van der Waals surface area contributed by atoms with Crippen LogP contribution in [0.5, 0.6) is 0 Å². The van der Waals surface area contributed by atoms with Crippen molar-refractivity contribution in [2.75, 3.05) is 11.9 Å². The fraction of sp³-hybridized carbons (Fsp3) is 0.500. The van der Waals surface area contributed by atoms with Crippen LogP contribution in [-0.2, 0) is 26.4 Å². The summed E-state index contributed by atoms with van der Waals surface area (Å²) < 4.78 is 4.30. The van der Waals surface area contributed by atoms with Crippen LogP contribution in [0, 0.1) is 0 Å². The van der Waals surface area contributed by atoms with E-state index in [0.717, 1.165) is 53.0 Å². The molecule has 0 saturated heterocycles. The number of anilines is 1. The maximum absolute atomic E-state index is 12.2. The zero-order chi connectivity index (χ0) is 15.0. The molecular formula is C14H18BrN5O. The first-order valence-corrected chi connectivity index (χ1v) is 7.94. The predicted octanol–water partition coefficient (Wildman–Crippen LogP) is 1.71. The largest absolute Gasteiger partial charge is 0.383 e. The van der Waals surface area contributed by atoms with Crippen molar-refractivity contribution in [1.29, 1.82) is 0 Å². The summed E-state index contributed by atoms with van der Waals surface area (Å²) in [4.78, 5) is 12.2. The van der Waals surface area contributed by atoms with E-state index in [2.05, 4.69) is 38.4 Å². The lowest BCUT2D eigenvalue weighted by atomic mass is 10.1. The Morgan fingerprint density at radius 3 is 2.95 bits per heavy atom. The van der Waals surface area contributed by atoms with Crippen LogP contribution in [0.25, 0.3) is 0 Å². The Hall–Kier alpha value is -1.63. The van der Waals surface area contributed by atoms with Gasteiger partial charge < -0.3 is 5.32 Å². The van der Waals surface area contributed by atoms with E-state index in [4.69, 9.17) is 0 Å². The third kappa shape index (κ3) is 2.62. The fourth-order valence-electron chi connectivity index (χ4n) is 2.59. The Balaban J connectivity index is 1.99. The van der Waals surface area contributed by atoms with E-state index in [1.54, 1.807) is 6.07 Å². The molecule has 3 rings (SSSR count). The van der Waals surface area contributed by atoms with Crippen LogP contribution in [0.15, 0.2) is 15.3 Å². The van der Waals surface area contributed by atoms with Gasteiger partial charge in [0, 0.05) is 19.7 Å². The fourth-order valence-corrected chi connectivity index (χ4v) is 3.34. The van der Waals surface area contributed by atoms with E-state index in [9.17, 15) is 4.79 Å². The van der Waals surface area contributed by atoms with Crippen LogP contribution < -0.4 is 10.9 Å². The number of nitrogens with one attached hydrogen (secondary N) is 1. The average Bonchev–Trinajstić information content (AvgIpc) is 2.75. The summed E-state index contributed by atoms with van der Waals surface area (Å²) in [6.07, 6.45) is 2.81. The Labute approximate surface area is 131 Å². The van der Waals surface area contributed by atoms with Gasteiger partial charge in [0.2, 0.25) is 0 Å². The predicted molar refractivity (Wildman–Crippen MR) is 84.7 cm³/mol. The van der Waals surface area contributed by atoms with Gasteiger partial charge in [-0.15, -0.1) is 0 Å². The smallest absolute Gasteiger partial charge is 0.269 e. The lowest BCUT2D eigenvalue weighted by molar-refractivity contribution is 0.571. The minimum absolute atomic E-state index is 0.0886. The van der Waals surface area contributed by atoms with Crippen LogP contribution in [0.4, 0.5) is 5.69 Å². The summed E-state index contributed by atoms with van der Waals surface area (Å²) in [5, 5.41) is 12.2. The number of aromatic nitrogens is 4. The van der Waals surface area contributed by atoms with Crippen LogP contribution in [0.3, 0.4) is 0 Å². The normalized spacial score (nSPS) is 13.9. The SMILES string of the molecule is CCc1nn(C)c(Cn2nc3c(cc2=O)NCCC3)c1Br. The van der Waals surface area contributed by atoms with Gasteiger partial charge in [0.05, 0.1) is 33.8 Å². The quantitative estimate of drug-likeness (QED) is 0.914. The van der Waals surface area contributed by atoms with Crippen LogP contribution >= 0.6 is 15.9 Å². The van der Waals surface area contributed by atoms with E-state index in [-0.39, 0.29) is 5.56 Å². The highest BCUT2D eigenvalue weighted by Gasteiger charge is 2.16. The van der Waals surface area contributed by atoms with Gasteiger partial charge in [0.25, 0.3) is 5.56 Å². The first kappa shape index (κ1) is 14.3. The van der Waals surface area contributed by atoms with Crippen molar-refractivity contribution in [1.82, 2.24) is 19.6 Å². The molecule has 2 aromatic heterocycles. The molecule has 0 unspecified atom stereocenters.